The molecule has 0 fully saturated rings. The molecule has 3 aromatic heterocycles. The van der Waals surface area contributed by atoms with Crippen molar-refractivity contribution in [3.05, 3.63) is 129 Å². The lowest BCUT2D eigenvalue weighted by Crippen LogP contribution is -2.28. The number of anilines is 2. The molecule has 3 heterocycles. The highest BCUT2D eigenvalue weighted by atomic mass is 32.2. The molecule has 6 rings (SSSR count). The summed E-state index contributed by atoms with van der Waals surface area (Å²) in [5, 5.41) is 18.1. The second-order valence-corrected chi connectivity index (χ2v) is 13.6. The third-order valence-corrected chi connectivity index (χ3v) is 10.0. The van der Waals surface area contributed by atoms with E-state index in [1.54, 1.807) is 29.1 Å². The van der Waals surface area contributed by atoms with Gasteiger partial charge in [0.2, 0.25) is 11.0 Å². The number of hydrogen-bond acceptors (Lipinski definition) is 11. The summed E-state index contributed by atoms with van der Waals surface area (Å²) in [6.07, 6.45) is 4.71. The first kappa shape index (κ1) is 32.8. The average molecular weight is 694 g/mol. The summed E-state index contributed by atoms with van der Waals surface area (Å²) in [5.74, 6) is 0.0749. The Kier molecular flexibility index (Phi) is 10.7. The summed E-state index contributed by atoms with van der Waals surface area (Å²) in [5.41, 5.74) is 10.1. The fourth-order valence-electron chi connectivity index (χ4n) is 4.91. The van der Waals surface area contributed by atoms with Gasteiger partial charge in [-0.3, -0.25) is 9.59 Å². The van der Waals surface area contributed by atoms with Crippen LogP contribution in [0.25, 0.3) is 11.3 Å². The van der Waals surface area contributed by atoms with E-state index in [0.29, 0.717) is 46.8 Å². The molecule has 0 aliphatic rings. The molecule has 1 amide bonds. The molecule has 6 aromatic rings. The molecule has 0 radical (unpaired) electrons. The number of aryl methyl sites for hydroxylation is 2. The highest BCUT2D eigenvalue weighted by Gasteiger charge is 2.25. The summed E-state index contributed by atoms with van der Waals surface area (Å²) in [6.45, 7) is 0.466. The van der Waals surface area contributed by atoms with Gasteiger partial charge in [0.25, 0.3) is 5.56 Å². The van der Waals surface area contributed by atoms with Crippen LogP contribution in [0, 0.1) is 0 Å². The maximum absolute atomic E-state index is 13.9. The van der Waals surface area contributed by atoms with Gasteiger partial charge in [0, 0.05) is 41.3 Å². The van der Waals surface area contributed by atoms with Crippen molar-refractivity contribution in [2.75, 3.05) is 11.1 Å². The van der Waals surface area contributed by atoms with E-state index in [4.69, 9.17) is 5.73 Å². The minimum absolute atomic E-state index is 0.111. The van der Waals surface area contributed by atoms with Crippen molar-refractivity contribution < 1.29 is 9.90 Å². The molecular formula is C35H31N7O3S3. The molecule has 3 aromatic carbocycles. The number of carbonyl (C=O) groups is 1. The molecule has 0 aliphatic carbocycles. The summed E-state index contributed by atoms with van der Waals surface area (Å²) in [7, 11) is 0. The van der Waals surface area contributed by atoms with Crippen LogP contribution in [0.1, 0.15) is 23.1 Å². The number of aromatic nitrogens is 4. The highest BCUT2D eigenvalue weighted by molar-refractivity contribution is 8.00. The van der Waals surface area contributed by atoms with Crippen LogP contribution >= 0.6 is 34.4 Å². The van der Waals surface area contributed by atoms with E-state index in [2.05, 4.69) is 25.3 Å². The van der Waals surface area contributed by atoms with Crippen LogP contribution < -0.4 is 16.6 Å². The van der Waals surface area contributed by atoms with Gasteiger partial charge in [-0.2, -0.15) is 4.98 Å². The van der Waals surface area contributed by atoms with Crippen molar-refractivity contribution in [2.45, 2.75) is 36.2 Å². The summed E-state index contributed by atoms with van der Waals surface area (Å²) < 4.78 is 1.77. The number of rotatable bonds is 13. The van der Waals surface area contributed by atoms with Gasteiger partial charge in [0.05, 0.1) is 10.9 Å². The first-order valence-electron chi connectivity index (χ1n) is 15.1. The predicted octanol–water partition coefficient (Wildman–Crippen LogP) is 6.84. The van der Waals surface area contributed by atoms with Crippen LogP contribution in [-0.2, 0) is 24.2 Å². The minimum Gasteiger partial charge on any atom is -0.508 e. The zero-order chi connectivity index (χ0) is 33.3. The Balaban J connectivity index is 1.26. The van der Waals surface area contributed by atoms with Gasteiger partial charge >= 0.3 is 0 Å². The van der Waals surface area contributed by atoms with Crippen molar-refractivity contribution in [1.82, 2.24) is 19.5 Å². The number of aliphatic imine (C=N–C) groups is 1. The number of aromatic hydroxyl groups is 1. The first-order valence-corrected chi connectivity index (χ1v) is 17.7. The fraction of sp³-hybridized carbons (Fsp3) is 0.143. The summed E-state index contributed by atoms with van der Waals surface area (Å²) in [6, 6.07) is 26.2. The van der Waals surface area contributed by atoms with Gasteiger partial charge in [-0.15, -0.1) is 22.7 Å². The molecular weight excluding hydrogens is 663 g/mol. The van der Waals surface area contributed by atoms with Crippen LogP contribution in [-0.4, -0.2) is 42.0 Å². The van der Waals surface area contributed by atoms with Gasteiger partial charge in [-0.1, -0.05) is 72.4 Å². The van der Waals surface area contributed by atoms with Crippen molar-refractivity contribution >= 4 is 62.6 Å². The molecule has 10 nitrogen and oxygen atoms in total. The number of phenolic OH excluding ortho intramolecular Hbond substituents is 1. The van der Waals surface area contributed by atoms with E-state index in [1.807, 2.05) is 77.5 Å². The molecule has 48 heavy (non-hydrogen) atoms. The van der Waals surface area contributed by atoms with Gasteiger partial charge in [0.1, 0.15) is 11.6 Å². The van der Waals surface area contributed by atoms with Crippen LogP contribution in [0.4, 0.5) is 16.1 Å². The van der Waals surface area contributed by atoms with Crippen molar-refractivity contribution in [3.63, 3.8) is 0 Å². The highest BCUT2D eigenvalue weighted by Crippen LogP contribution is 2.31. The maximum atomic E-state index is 13.9. The molecule has 1 atom stereocenters. The normalized spacial score (nSPS) is 11.9. The van der Waals surface area contributed by atoms with Crippen LogP contribution in [0.15, 0.2) is 117 Å². The van der Waals surface area contributed by atoms with E-state index in [9.17, 15) is 14.7 Å². The van der Waals surface area contributed by atoms with Crippen LogP contribution in [0.2, 0.25) is 0 Å². The number of nitrogens with two attached hydrogens (primary N) is 1. The monoisotopic (exact) mass is 693 g/mol. The Hall–Kier alpha value is -5.11. The van der Waals surface area contributed by atoms with Crippen molar-refractivity contribution in [2.24, 2.45) is 4.99 Å². The van der Waals surface area contributed by atoms with Gasteiger partial charge in [0.15, 0.2) is 10.3 Å². The second-order valence-electron chi connectivity index (χ2n) is 10.7. The number of phenols is 1. The predicted molar refractivity (Wildman–Crippen MR) is 195 cm³/mol. The van der Waals surface area contributed by atoms with Crippen molar-refractivity contribution in [1.29, 1.82) is 0 Å². The smallest absolute Gasteiger partial charge is 0.275 e. The number of thioether (sulfide) groups is 1. The average Bonchev–Trinajstić information content (AvgIpc) is 3.80. The Morgan fingerprint density at radius 3 is 2.58 bits per heavy atom. The number of nitrogens with one attached hydrogen (secondary N) is 1. The Labute approximate surface area is 289 Å². The van der Waals surface area contributed by atoms with Crippen LogP contribution in [0.3, 0.4) is 0 Å². The van der Waals surface area contributed by atoms with Crippen molar-refractivity contribution in [3.8, 4) is 17.0 Å². The molecule has 0 saturated carbocycles. The Morgan fingerprint density at radius 1 is 1.02 bits per heavy atom. The first-order chi connectivity index (χ1) is 23.4. The molecule has 0 spiro atoms. The fourth-order valence-corrected chi connectivity index (χ4v) is 7.24. The van der Waals surface area contributed by atoms with E-state index in [-0.39, 0.29) is 17.5 Å². The Morgan fingerprint density at radius 2 is 1.81 bits per heavy atom. The Bertz CT molecular complexity index is 2060. The largest absolute Gasteiger partial charge is 0.508 e. The third-order valence-electron chi connectivity index (χ3n) is 7.35. The lowest BCUT2D eigenvalue weighted by Gasteiger charge is -2.20. The molecule has 13 heteroatoms. The number of thiazole rings is 2. The van der Waals surface area contributed by atoms with E-state index in [1.165, 1.54) is 40.5 Å². The number of hydrogen-bond donors (Lipinski definition) is 3. The summed E-state index contributed by atoms with van der Waals surface area (Å²) >= 11 is 3.93. The maximum Gasteiger partial charge on any atom is 0.275 e. The molecule has 0 aliphatic heterocycles. The van der Waals surface area contributed by atoms with E-state index in [0.717, 1.165) is 22.4 Å². The molecule has 0 saturated heterocycles. The summed E-state index contributed by atoms with van der Waals surface area (Å²) in [4.78, 5) is 44.0. The molecule has 1 unspecified atom stereocenters. The van der Waals surface area contributed by atoms with Crippen LogP contribution in [0.5, 0.6) is 5.75 Å². The number of amides is 1. The number of nitrogen functional groups attached to an aromatic ring is 1. The minimum atomic E-state index is -0.710. The van der Waals surface area contributed by atoms with E-state index < -0.39 is 10.8 Å². The third kappa shape index (κ3) is 8.62. The lowest BCUT2D eigenvalue weighted by atomic mass is 10.0. The van der Waals surface area contributed by atoms with Gasteiger partial charge in [-0.25, -0.2) is 15.0 Å². The lowest BCUT2D eigenvalue weighted by molar-refractivity contribution is -0.115. The molecule has 0 bridgehead atoms. The topological polar surface area (TPSA) is 148 Å². The van der Waals surface area contributed by atoms with Gasteiger partial charge in [-0.05, 0) is 54.2 Å². The zero-order valence-electron chi connectivity index (χ0n) is 25.6. The van der Waals surface area contributed by atoms with Gasteiger partial charge < -0.3 is 20.7 Å². The zero-order valence-corrected chi connectivity index (χ0v) is 28.0. The number of nitrogens with zero attached hydrogens (tertiary/aromatic N) is 5. The SMILES string of the molecule is Nc1cc(=O)nc(SC(CCc2cc(/C=N/c3nccs3)ccc2O)C(=O)Nc2nc(-c3ccccc3)cs2)n1CCc1ccccc1. The quantitative estimate of drug-likeness (QED) is 0.0677. The molecule has 242 valence electrons. The van der Waals surface area contributed by atoms with E-state index >= 15 is 0 Å². The molecule has 4 N–H and O–H groups in total. The number of benzene rings is 3. The number of carbonyl (C=O) groups excluding carboxylic acids is 1. The standard InChI is InChI=1S/C35H31N7O3S3/c36-30-20-31(44)40-35(42(30)17-15-23-7-3-1-4-8-23)48-29(32(45)41-34-39-27(22-47-34)25-9-5-2-6-10-25)14-12-26-19-24(11-13-28(26)43)21-38-33-37-16-18-46-33/h1-11,13,16,18-22,29,43H,12,14-15,17,36H2,(H,39,41,45)/b38-21+. The second kappa shape index (κ2) is 15.7.